The number of fused-ring (bicyclic) bond motifs is 1. The molecule has 8 nitrogen and oxygen atoms in total. The Morgan fingerprint density at radius 1 is 1.19 bits per heavy atom. The average Bonchev–Trinajstić information content (AvgIpc) is 2.64. The van der Waals surface area contributed by atoms with Crippen molar-refractivity contribution in [2.45, 2.75) is 32.6 Å². The van der Waals surface area contributed by atoms with Crippen molar-refractivity contribution in [1.82, 2.24) is 15.5 Å². The Bertz CT molecular complexity index is 860. The number of benzene rings is 1. The highest BCUT2D eigenvalue weighted by Gasteiger charge is 2.11. The molecule has 8 heteroatoms. The molecule has 0 atom stereocenters. The van der Waals surface area contributed by atoms with Crippen LogP contribution in [0.2, 0.25) is 0 Å². The molecule has 0 radical (unpaired) electrons. The normalized spacial score (nSPS) is 10.5. The van der Waals surface area contributed by atoms with Gasteiger partial charge in [0.25, 0.3) is 5.56 Å². The number of aromatic amines is 1. The highest BCUT2D eigenvalue weighted by atomic mass is 16.5. The van der Waals surface area contributed by atoms with Gasteiger partial charge in [-0.3, -0.25) is 14.4 Å². The summed E-state index contributed by atoms with van der Waals surface area (Å²) in [5.74, 6) is -0.613. The first-order valence-electron chi connectivity index (χ1n) is 8.50. The van der Waals surface area contributed by atoms with Crippen LogP contribution in [0.25, 0.3) is 10.8 Å². The molecule has 3 N–H and O–H groups in total. The summed E-state index contributed by atoms with van der Waals surface area (Å²) in [5, 5.41) is 18.4. The van der Waals surface area contributed by atoms with Crippen molar-refractivity contribution in [1.29, 1.82) is 5.41 Å². The molecular weight excluding hydrogens is 336 g/mol. The number of aromatic nitrogens is 2. The molecular formula is C18H22N4O4. The second kappa shape index (κ2) is 9.45. The number of rotatable bonds is 9. The summed E-state index contributed by atoms with van der Waals surface area (Å²) in [4.78, 5) is 34.6. The zero-order chi connectivity index (χ0) is 18.9. The summed E-state index contributed by atoms with van der Waals surface area (Å²) in [7, 11) is 0. The second-order valence-corrected chi connectivity index (χ2v) is 5.68. The number of carbonyl (C=O) groups excluding carboxylic acids is 2. The van der Waals surface area contributed by atoms with Crippen molar-refractivity contribution in [3.8, 4) is 0 Å². The third-order valence-corrected chi connectivity index (χ3v) is 3.77. The van der Waals surface area contributed by atoms with E-state index in [1.807, 2.05) is 0 Å². The molecule has 1 aromatic carbocycles. The van der Waals surface area contributed by atoms with Gasteiger partial charge in [0.2, 0.25) is 5.91 Å². The van der Waals surface area contributed by atoms with E-state index in [1.165, 1.54) is 0 Å². The molecule has 0 saturated carbocycles. The molecule has 0 bridgehead atoms. The highest BCUT2D eigenvalue weighted by Crippen LogP contribution is 2.14. The van der Waals surface area contributed by atoms with Crippen molar-refractivity contribution in [2.75, 3.05) is 13.2 Å². The molecule has 0 saturated heterocycles. The zero-order valence-electron chi connectivity index (χ0n) is 14.6. The number of nitrogens with zero attached hydrogens (tertiary/aromatic N) is 1. The average molecular weight is 358 g/mol. The molecule has 1 heterocycles. The van der Waals surface area contributed by atoms with Gasteiger partial charge in [0.05, 0.1) is 24.1 Å². The summed E-state index contributed by atoms with van der Waals surface area (Å²) in [6.45, 7) is 2.41. The Balaban J connectivity index is 1.81. The number of esters is 1. The van der Waals surface area contributed by atoms with E-state index < -0.39 is 0 Å². The lowest BCUT2D eigenvalue weighted by molar-refractivity contribution is -0.144. The third-order valence-electron chi connectivity index (χ3n) is 3.77. The lowest BCUT2D eigenvalue weighted by atomic mass is 10.1. The predicted octanol–water partition coefficient (Wildman–Crippen LogP) is 1.53. The highest BCUT2D eigenvalue weighted by molar-refractivity contribution is 6.07. The number of carbonyl (C=O) groups is 2. The van der Waals surface area contributed by atoms with Gasteiger partial charge in [0, 0.05) is 18.4 Å². The molecule has 1 amide bonds. The van der Waals surface area contributed by atoms with Gasteiger partial charge in [-0.25, -0.2) is 5.10 Å². The van der Waals surface area contributed by atoms with E-state index in [2.05, 4.69) is 15.5 Å². The van der Waals surface area contributed by atoms with Crippen molar-refractivity contribution >= 4 is 28.4 Å². The fourth-order valence-electron chi connectivity index (χ4n) is 2.49. The second-order valence-electron chi connectivity index (χ2n) is 5.68. The molecule has 2 rings (SSSR count). The van der Waals surface area contributed by atoms with Crippen LogP contribution in [0.4, 0.5) is 0 Å². The van der Waals surface area contributed by atoms with Gasteiger partial charge in [-0.1, -0.05) is 18.2 Å². The van der Waals surface area contributed by atoms with Crippen LogP contribution in [0.15, 0.2) is 29.1 Å². The van der Waals surface area contributed by atoms with Gasteiger partial charge < -0.3 is 15.5 Å². The molecule has 0 spiro atoms. The van der Waals surface area contributed by atoms with Gasteiger partial charge in [-0.05, 0) is 25.8 Å². The number of ether oxygens (including phenoxy) is 1. The van der Waals surface area contributed by atoms with Gasteiger partial charge in [0.1, 0.15) is 5.69 Å². The first kappa shape index (κ1) is 19.3. The summed E-state index contributed by atoms with van der Waals surface area (Å²) < 4.78 is 4.76. The number of amides is 1. The van der Waals surface area contributed by atoms with Crippen molar-refractivity contribution in [3.05, 3.63) is 40.3 Å². The van der Waals surface area contributed by atoms with Crippen LogP contribution in [-0.2, 0) is 14.3 Å². The van der Waals surface area contributed by atoms with Crippen molar-refractivity contribution in [3.63, 3.8) is 0 Å². The Hall–Kier alpha value is -3.03. The summed E-state index contributed by atoms with van der Waals surface area (Å²) in [6.07, 6.45) is 1.10. The van der Waals surface area contributed by atoms with E-state index in [1.54, 1.807) is 31.2 Å². The number of H-pyrrole nitrogens is 1. The topological polar surface area (TPSA) is 125 Å². The van der Waals surface area contributed by atoms with E-state index in [9.17, 15) is 14.4 Å². The molecule has 0 fully saturated rings. The van der Waals surface area contributed by atoms with Crippen LogP contribution in [0, 0.1) is 5.41 Å². The monoisotopic (exact) mass is 358 g/mol. The Morgan fingerprint density at radius 3 is 2.65 bits per heavy atom. The molecule has 0 unspecified atom stereocenters. The first-order valence-corrected chi connectivity index (χ1v) is 8.50. The SMILES string of the molecule is CCOC(=O)CCC(=O)NCCCC(=N)c1n[nH]c(=O)c2ccccc12. The molecule has 138 valence electrons. The van der Waals surface area contributed by atoms with Gasteiger partial charge in [-0.2, -0.15) is 5.10 Å². The van der Waals surface area contributed by atoms with E-state index in [4.69, 9.17) is 10.1 Å². The maximum absolute atomic E-state index is 11.8. The smallest absolute Gasteiger partial charge is 0.306 e. The van der Waals surface area contributed by atoms with Crippen molar-refractivity contribution < 1.29 is 14.3 Å². The van der Waals surface area contributed by atoms with E-state index >= 15 is 0 Å². The molecule has 26 heavy (non-hydrogen) atoms. The Kier molecular flexibility index (Phi) is 7.02. The zero-order valence-corrected chi connectivity index (χ0v) is 14.6. The lowest BCUT2D eigenvalue weighted by Crippen LogP contribution is -2.25. The lowest BCUT2D eigenvalue weighted by Gasteiger charge is -2.08. The van der Waals surface area contributed by atoms with Gasteiger partial charge >= 0.3 is 5.97 Å². The molecule has 2 aromatic rings. The Morgan fingerprint density at radius 2 is 1.92 bits per heavy atom. The van der Waals surface area contributed by atoms with Crippen LogP contribution in [0.3, 0.4) is 0 Å². The first-order chi connectivity index (χ1) is 12.5. The third kappa shape index (κ3) is 5.23. The minimum absolute atomic E-state index is 0.0583. The van der Waals surface area contributed by atoms with Crippen LogP contribution in [0.5, 0.6) is 0 Å². The maximum Gasteiger partial charge on any atom is 0.306 e. The van der Waals surface area contributed by atoms with Crippen LogP contribution >= 0.6 is 0 Å². The Labute approximate surface area is 150 Å². The number of hydrogen-bond acceptors (Lipinski definition) is 6. The molecule has 0 aliphatic heterocycles. The van der Waals surface area contributed by atoms with Crippen LogP contribution in [0.1, 0.15) is 38.3 Å². The number of nitrogens with one attached hydrogen (secondary N) is 3. The van der Waals surface area contributed by atoms with Gasteiger partial charge in [0.15, 0.2) is 0 Å². The van der Waals surface area contributed by atoms with E-state index in [-0.39, 0.29) is 30.3 Å². The van der Waals surface area contributed by atoms with Crippen molar-refractivity contribution in [2.24, 2.45) is 0 Å². The predicted molar refractivity (Wildman–Crippen MR) is 97.3 cm³/mol. The fraction of sp³-hybridized carbons (Fsp3) is 0.389. The fourth-order valence-corrected chi connectivity index (χ4v) is 2.49. The van der Waals surface area contributed by atoms with Crippen LogP contribution in [-0.4, -0.2) is 40.9 Å². The van der Waals surface area contributed by atoms with Crippen LogP contribution < -0.4 is 10.9 Å². The minimum Gasteiger partial charge on any atom is -0.466 e. The molecule has 0 aliphatic carbocycles. The number of hydrogen-bond donors (Lipinski definition) is 3. The van der Waals surface area contributed by atoms with E-state index in [0.717, 1.165) is 0 Å². The molecule has 1 aromatic heterocycles. The summed E-state index contributed by atoms with van der Waals surface area (Å²) in [5.41, 5.74) is 0.443. The quantitative estimate of drug-likeness (QED) is 0.356. The summed E-state index contributed by atoms with van der Waals surface area (Å²) in [6, 6.07) is 7.01. The standard InChI is InChI=1S/C18H22N4O4/c1-2-26-16(24)10-9-15(23)20-11-5-8-14(19)17-12-6-3-4-7-13(12)18(25)22-21-17/h3-4,6-7,19H,2,5,8-11H2,1H3,(H,20,23)(H,22,25). The minimum atomic E-state index is -0.388. The molecule has 0 aliphatic rings. The largest absolute Gasteiger partial charge is 0.466 e. The maximum atomic E-state index is 11.8. The van der Waals surface area contributed by atoms with Gasteiger partial charge in [-0.15, -0.1) is 0 Å². The summed E-state index contributed by atoms with van der Waals surface area (Å²) >= 11 is 0. The van der Waals surface area contributed by atoms with E-state index in [0.29, 0.717) is 48.2 Å².